The molecule has 1 fully saturated rings. The number of hydrogen-bond donors (Lipinski definition) is 1. The molecule has 3 nitrogen and oxygen atoms in total. The number of rotatable bonds is 2. The molecular weight excluding hydrogens is 339 g/mol. The Morgan fingerprint density at radius 2 is 1.89 bits per heavy atom. The number of carbonyl (C=O) groups excluding carboxylic acids is 1. The summed E-state index contributed by atoms with van der Waals surface area (Å²) in [6, 6.07) is 6.17. The molecule has 4 rings (SSSR count). The largest absolute Gasteiger partial charge is 0.397 e. The molecule has 0 bridgehead atoms. The minimum absolute atomic E-state index is 0.0394. The van der Waals surface area contributed by atoms with E-state index in [2.05, 4.69) is 18.0 Å². The summed E-state index contributed by atoms with van der Waals surface area (Å²) in [6.45, 7) is 7.52. The van der Waals surface area contributed by atoms with E-state index >= 15 is 0 Å². The minimum atomic E-state index is -0.0394. The Morgan fingerprint density at radius 3 is 2.52 bits per heavy atom. The van der Waals surface area contributed by atoms with Crippen molar-refractivity contribution in [3.63, 3.8) is 0 Å². The fourth-order valence-electron chi connectivity index (χ4n) is 3.23. The number of allylic oxidation sites excluding steroid dienone is 4. The molecule has 2 aromatic rings. The summed E-state index contributed by atoms with van der Waals surface area (Å²) in [5, 5.41) is 2.08. The first-order valence-electron chi connectivity index (χ1n) is 9.69. The molecule has 4 heteroatoms. The summed E-state index contributed by atoms with van der Waals surface area (Å²) in [4.78, 5) is 13.4. The Kier molecular flexibility index (Phi) is 7.28. The van der Waals surface area contributed by atoms with Crippen LogP contribution in [0.3, 0.4) is 0 Å². The summed E-state index contributed by atoms with van der Waals surface area (Å²) in [5.41, 5.74) is 11.4. The van der Waals surface area contributed by atoms with Crippen molar-refractivity contribution in [1.29, 1.82) is 0 Å². The first kappa shape index (κ1) is 20.8. The Morgan fingerprint density at radius 1 is 1.22 bits per heavy atom. The third-order valence-corrected chi connectivity index (χ3v) is 4.74. The van der Waals surface area contributed by atoms with Crippen LogP contribution >= 0.6 is 0 Å². The Bertz CT molecular complexity index is 879. The van der Waals surface area contributed by atoms with Crippen molar-refractivity contribution in [2.45, 2.75) is 59.3 Å². The monoisotopic (exact) mass is 368 g/mol. The van der Waals surface area contributed by atoms with Gasteiger partial charge in [-0.05, 0) is 56.4 Å². The molecule has 0 spiro atoms. The summed E-state index contributed by atoms with van der Waals surface area (Å²) >= 11 is 0. The van der Waals surface area contributed by atoms with Gasteiger partial charge in [0.15, 0.2) is 0 Å². The summed E-state index contributed by atoms with van der Waals surface area (Å²) < 4.78 is 13.6. The fourth-order valence-corrected chi connectivity index (χ4v) is 3.23. The van der Waals surface area contributed by atoms with Gasteiger partial charge in [-0.15, -0.1) is 0 Å². The lowest BCUT2D eigenvalue weighted by molar-refractivity contribution is -0.106. The average Bonchev–Trinajstić information content (AvgIpc) is 3.51. The predicted octanol–water partition coefficient (Wildman–Crippen LogP) is 6.35. The molecule has 144 valence electrons. The van der Waals surface area contributed by atoms with Gasteiger partial charge >= 0.3 is 0 Å². The van der Waals surface area contributed by atoms with E-state index in [-0.39, 0.29) is 5.83 Å². The van der Waals surface area contributed by atoms with Crippen LogP contribution in [0.5, 0.6) is 0 Å². The molecule has 2 aliphatic carbocycles. The normalized spacial score (nSPS) is 16.0. The highest BCUT2D eigenvalue weighted by molar-refractivity contribution is 5.96. The zero-order valence-electron chi connectivity index (χ0n) is 16.7. The van der Waals surface area contributed by atoms with Gasteiger partial charge in [-0.1, -0.05) is 31.6 Å². The number of benzene rings is 1. The van der Waals surface area contributed by atoms with Crippen molar-refractivity contribution in [2.75, 3.05) is 5.73 Å². The van der Waals surface area contributed by atoms with Crippen molar-refractivity contribution in [3.05, 3.63) is 53.1 Å². The molecule has 0 atom stereocenters. The van der Waals surface area contributed by atoms with Crippen molar-refractivity contribution in [1.82, 2.24) is 4.98 Å². The number of fused-ring (bicyclic) bond motifs is 1. The van der Waals surface area contributed by atoms with Crippen LogP contribution < -0.4 is 5.73 Å². The van der Waals surface area contributed by atoms with E-state index in [1.807, 2.05) is 32.2 Å². The summed E-state index contributed by atoms with van der Waals surface area (Å²) in [5.74, 6) is 0.506. The molecule has 0 unspecified atom stereocenters. The van der Waals surface area contributed by atoms with Gasteiger partial charge in [0.25, 0.3) is 0 Å². The van der Waals surface area contributed by atoms with E-state index < -0.39 is 0 Å². The van der Waals surface area contributed by atoms with Crippen LogP contribution in [0.4, 0.5) is 10.1 Å². The van der Waals surface area contributed by atoms with Crippen LogP contribution in [0.25, 0.3) is 16.3 Å². The van der Waals surface area contributed by atoms with Gasteiger partial charge in [0, 0.05) is 29.3 Å². The highest BCUT2D eigenvalue weighted by Crippen LogP contribution is 2.43. The number of hydrogen-bond acceptors (Lipinski definition) is 3. The Hall–Kier alpha value is -2.49. The second kappa shape index (κ2) is 9.45. The maximum absolute atomic E-state index is 13.6. The van der Waals surface area contributed by atoms with Gasteiger partial charge in [0.1, 0.15) is 12.1 Å². The van der Waals surface area contributed by atoms with Crippen LogP contribution in [-0.2, 0) is 4.79 Å². The maximum atomic E-state index is 13.6. The molecule has 27 heavy (non-hydrogen) atoms. The lowest BCUT2D eigenvalue weighted by Gasteiger charge is -2.15. The van der Waals surface area contributed by atoms with Crippen molar-refractivity contribution >= 4 is 28.3 Å². The minimum Gasteiger partial charge on any atom is -0.397 e. The molecule has 1 saturated carbocycles. The van der Waals surface area contributed by atoms with Crippen LogP contribution in [0.15, 0.2) is 41.9 Å². The first-order valence-corrected chi connectivity index (χ1v) is 9.69. The van der Waals surface area contributed by atoms with Gasteiger partial charge in [0.2, 0.25) is 0 Å². The number of nitrogens with two attached hydrogens (primary N) is 1. The maximum Gasteiger partial charge on any atom is 0.116 e. The van der Waals surface area contributed by atoms with Crippen LogP contribution in [0, 0.1) is 0 Å². The lowest BCUT2D eigenvalue weighted by atomic mass is 9.91. The van der Waals surface area contributed by atoms with Gasteiger partial charge < -0.3 is 10.5 Å². The molecular formula is C23H29FN2O. The lowest BCUT2D eigenvalue weighted by Crippen LogP contribution is -1.99. The molecule has 0 radical (unpaired) electrons. The third-order valence-electron chi connectivity index (χ3n) is 4.74. The Balaban J connectivity index is 0.000000478. The number of nitrogens with zero attached hydrogens (tertiary/aromatic N) is 1. The van der Waals surface area contributed by atoms with Crippen LogP contribution in [0.2, 0.25) is 0 Å². The van der Waals surface area contributed by atoms with Crippen molar-refractivity contribution in [3.8, 4) is 0 Å². The predicted molar refractivity (Wildman–Crippen MR) is 112 cm³/mol. The highest BCUT2D eigenvalue weighted by Gasteiger charge is 2.27. The molecule has 0 amide bonds. The topological polar surface area (TPSA) is 56.0 Å². The number of aromatic nitrogens is 1. The highest BCUT2D eigenvalue weighted by atomic mass is 19.1. The van der Waals surface area contributed by atoms with E-state index in [0.717, 1.165) is 46.0 Å². The van der Waals surface area contributed by atoms with Gasteiger partial charge in [-0.25, -0.2) is 4.39 Å². The smallest absolute Gasteiger partial charge is 0.116 e. The number of carbonyl (C=O) groups is 1. The number of anilines is 1. The SMILES string of the molecule is CC.CC1=C(c2ccc3c(N)c(C4CC4)ncc3c2)C=C(F)CC1.CC=O. The van der Waals surface area contributed by atoms with Gasteiger partial charge in [-0.2, -0.15) is 0 Å². The number of pyridine rings is 1. The van der Waals surface area contributed by atoms with Crippen LogP contribution in [0.1, 0.15) is 70.6 Å². The average molecular weight is 368 g/mol. The zero-order valence-corrected chi connectivity index (χ0v) is 16.7. The van der Waals surface area contributed by atoms with E-state index in [1.165, 1.54) is 25.3 Å². The van der Waals surface area contributed by atoms with E-state index in [1.54, 1.807) is 6.08 Å². The second-order valence-corrected chi connectivity index (χ2v) is 6.65. The van der Waals surface area contributed by atoms with E-state index in [9.17, 15) is 4.39 Å². The fraction of sp³-hybridized carbons (Fsp3) is 0.391. The quantitative estimate of drug-likeness (QED) is 0.629. The third kappa shape index (κ3) is 4.82. The number of nitrogen functional groups attached to an aromatic ring is 1. The van der Waals surface area contributed by atoms with Gasteiger partial charge in [-0.3, -0.25) is 4.98 Å². The van der Waals surface area contributed by atoms with E-state index in [4.69, 9.17) is 10.5 Å². The zero-order chi connectivity index (χ0) is 20.0. The Labute approximate surface area is 161 Å². The van der Waals surface area contributed by atoms with E-state index in [0.29, 0.717) is 12.3 Å². The molecule has 1 heterocycles. The molecule has 2 aliphatic rings. The molecule has 0 saturated heterocycles. The van der Waals surface area contributed by atoms with Gasteiger partial charge in [0.05, 0.1) is 11.4 Å². The van der Waals surface area contributed by atoms with Crippen molar-refractivity contribution < 1.29 is 9.18 Å². The molecule has 0 aliphatic heterocycles. The standard InChI is InChI=1S/C19H19FN2.C2H4O.C2H6/c1-11-2-6-15(20)9-17(11)13-5-7-16-14(8-13)10-22-19(18(16)21)12-3-4-12;1-2-3;1-2/h5,7-10,12H,2-4,6,21H2,1H3;2H,1H3;1-2H3. The van der Waals surface area contributed by atoms with Crippen molar-refractivity contribution in [2.24, 2.45) is 0 Å². The molecule has 1 aromatic carbocycles. The molecule has 2 N–H and O–H groups in total. The van der Waals surface area contributed by atoms with Crippen LogP contribution in [-0.4, -0.2) is 11.3 Å². The molecule has 1 aromatic heterocycles. The first-order chi connectivity index (χ1) is 13.0. The number of halogens is 1. The second-order valence-electron chi connectivity index (χ2n) is 6.65. The number of aldehydes is 1. The summed E-state index contributed by atoms with van der Waals surface area (Å²) in [7, 11) is 0. The summed E-state index contributed by atoms with van der Waals surface area (Å²) in [6.07, 6.45) is 8.00.